The first-order valence-corrected chi connectivity index (χ1v) is 5.58. The highest BCUT2D eigenvalue weighted by Crippen LogP contribution is 2.27. The Bertz CT molecular complexity index is 662. The van der Waals surface area contributed by atoms with Crippen molar-refractivity contribution in [2.75, 3.05) is 5.73 Å². The molecule has 0 aromatic heterocycles. The number of hydrogen-bond donors (Lipinski definition) is 1. The van der Waals surface area contributed by atoms with E-state index in [1.165, 1.54) is 0 Å². The molecule has 2 N–H and O–H groups in total. The highest BCUT2D eigenvalue weighted by Gasteiger charge is 2.19. The van der Waals surface area contributed by atoms with Crippen LogP contribution in [-0.2, 0) is 6.61 Å². The number of hydrogen-bond acceptors (Lipinski definition) is 4. The van der Waals surface area contributed by atoms with E-state index in [1.807, 2.05) is 0 Å². The first kappa shape index (κ1) is 13.7. The molecule has 2 aromatic carbocycles. The molecule has 0 unspecified atom stereocenters. The number of nitro benzene ring substituents is 1. The number of halogens is 2. The number of nitrogens with two attached hydrogens (primary N) is 1. The minimum Gasteiger partial charge on any atom is -0.486 e. The molecule has 0 aliphatic carbocycles. The van der Waals surface area contributed by atoms with Crippen molar-refractivity contribution < 1.29 is 18.4 Å². The van der Waals surface area contributed by atoms with Crippen LogP contribution in [0.4, 0.5) is 20.2 Å². The molecule has 2 rings (SSSR count). The van der Waals surface area contributed by atoms with Crippen LogP contribution in [0.5, 0.6) is 5.75 Å². The molecule has 0 spiro atoms. The Morgan fingerprint density at radius 1 is 1.20 bits per heavy atom. The second-order valence-electron chi connectivity index (χ2n) is 4.02. The van der Waals surface area contributed by atoms with Crippen molar-refractivity contribution in [1.29, 1.82) is 0 Å². The first-order valence-electron chi connectivity index (χ1n) is 5.58. The summed E-state index contributed by atoms with van der Waals surface area (Å²) in [6.07, 6.45) is 0. The molecule has 0 heterocycles. The summed E-state index contributed by atoms with van der Waals surface area (Å²) in [5, 5.41) is 10.4. The van der Waals surface area contributed by atoms with Crippen LogP contribution in [0, 0.1) is 21.7 Å². The van der Waals surface area contributed by atoms with Gasteiger partial charge in [-0.25, -0.2) is 4.39 Å². The Balaban J connectivity index is 2.18. The van der Waals surface area contributed by atoms with Crippen LogP contribution < -0.4 is 10.5 Å². The molecule has 0 atom stereocenters. The van der Waals surface area contributed by atoms with E-state index in [-0.39, 0.29) is 6.61 Å². The van der Waals surface area contributed by atoms with Gasteiger partial charge in [0.1, 0.15) is 6.61 Å². The highest BCUT2D eigenvalue weighted by molar-refractivity contribution is 5.41. The quantitative estimate of drug-likeness (QED) is 0.530. The third-order valence-electron chi connectivity index (χ3n) is 2.54. The molecule has 0 fully saturated rings. The van der Waals surface area contributed by atoms with Crippen molar-refractivity contribution >= 4 is 11.4 Å². The molecule has 5 nitrogen and oxygen atoms in total. The zero-order valence-electron chi connectivity index (χ0n) is 10.2. The second kappa shape index (κ2) is 5.52. The fourth-order valence-corrected chi connectivity index (χ4v) is 1.61. The van der Waals surface area contributed by atoms with Gasteiger partial charge in [0.2, 0.25) is 5.82 Å². The van der Waals surface area contributed by atoms with E-state index in [2.05, 4.69) is 0 Å². The summed E-state index contributed by atoms with van der Waals surface area (Å²) < 4.78 is 32.0. The molecule has 7 heteroatoms. The summed E-state index contributed by atoms with van der Waals surface area (Å²) in [7, 11) is 0. The predicted molar refractivity (Wildman–Crippen MR) is 68.2 cm³/mol. The SMILES string of the molecule is Nc1cccc(COc2cc(F)c([N+](=O)[O-])cc2F)c1. The summed E-state index contributed by atoms with van der Waals surface area (Å²) in [5.74, 6) is -2.54. The molecule has 0 radical (unpaired) electrons. The van der Waals surface area contributed by atoms with Crippen LogP contribution in [0.15, 0.2) is 36.4 Å². The second-order valence-corrected chi connectivity index (χ2v) is 4.02. The summed E-state index contributed by atoms with van der Waals surface area (Å²) >= 11 is 0. The van der Waals surface area contributed by atoms with Crippen LogP contribution in [-0.4, -0.2) is 4.92 Å². The Morgan fingerprint density at radius 3 is 2.60 bits per heavy atom. The van der Waals surface area contributed by atoms with E-state index in [0.29, 0.717) is 23.4 Å². The van der Waals surface area contributed by atoms with Gasteiger partial charge in [0, 0.05) is 11.8 Å². The van der Waals surface area contributed by atoms with E-state index in [1.54, 1.807) is 24.3 Å². The molecule has 2 aromatic rings. The fourth-order valence-electron chi connectivity index (χ4n) is 1.61. The Labute approximate surface area is 112 Å². The molecule has 0 aliphatic rings. The Kier molecular flexibility index (Phi) is 3.79. The standard InChI is InChI=1S/C13H10F2N2O3/c14-10-6-13(11(15)5-12(10)17(18)19)20-7-8-2-1-3-9(16)4-8/h1-6H,7,16H2. The van der Waals surface area contributed by atoms with Gasteiger partial charge in [-0.1, -0.05) is 12.1 Å². The Morgan fingerprint density at radius 2 is 1.95 bits per heavy atom. The molecular formula is C13H10F2N2O3. The molecule has 104 valence electrons. The molecular weight excluding hydrogens is 270 g/mol. The number of benzene rings is 2. The van der Waals surface area contributed by atoms with Crippen molar-refractivity contribution in [2.45, 2.75) is 6.61 Å². The van der Waals surface area contributed by atoms with E-state index in [0.717, 1.165) is 0 Å². The maximum atomic E-state index is 13.6. The van der Waals surface area contributed by atoms with Crippen LogP contribution in [0.3, 0.4) is 0 Å². The van der Waals surface area contributed by atoms with Crippen molar-refractivity contribution in [1.82, 2.24) is 0 Å². The lowest BCUT2D eigenvalue weighted by Crippen LogP contribution is -2.01. The minimum atomic E-state index is -1.15. The topological polar surface area (TPSA) is 78.4 Å². The Hall–Kier alpha value is -2.70. The van der Waals surface area contributed by atoms with Crippen molar-refractivity contribution in [3.05, 3.63) is 63.7 Å². The maximum Gasteiger partial charge on any atom is 0.307 e. The first-order chi connectivity index (χ1) is 9.47. The van der Waals surface area contributed by atoms with Gasteiger partial charge in [0.05, 0.1) is 11.0 Å². The smallest absolute Gasteiger partial charge is 0.307 e. The third kappa shape index (κ3) is 3.00. The van der Waals surface area contributed by atoms with Crippen molar-refractivity contribution in [3.63, 3.8) is 0 Å². The van der Waals surface area contributed by atoms with E-state index in [9.17, 15) is 18.9 Å². The average molecular weight is 280 g/mol. The lowest BCUT2D eigenvalue weighted by molar-refractivity contribution is -0.387. The zero-order valence-corrected chi connectivity index (χ0v) is 10.2. The van der Waals surface area contributed by atoms with Gasteiger partial charge in [-0.3, -0.25) is 10.1 Å². The summed E-state index contributed by atoms with van der Waals surface area (Å²) in [4.78, 5) is 9.45. The van der Waals surface area contributed by atoms with Gasteiger partial charge in [0.15, 0.2) is 11.6 Å². The highest BCUT2D eigenvalue weighted by atomic mass is 19.1. The molecule has 0 amide bonds. The fraction of sp³-hybridized carbons (Fsp3) is 0.0769. The van der Waals surface area contributed by atoms with Crippen LogP contribution in [0.2, 0.25) is 0 Å². The van der Waals surface area contributed by atoms with Crippen LogP contribution in [0.1, 0.15) is 5.56 Å². The number of nitrogen functional groups attached to an aromatic ring is 1. The summed E-state index contributed by atoms with van der Waals surface area (Å²) in [6.45, 7) is -0.0286. The average Bonchev–Trinajstić information content (AvgIpc) is 2.39. The predicted octanol–water partition coefficient (Wildman–Crippen LogP) is 3.03. The molecule has 0 saturated heterocycles. The number of anilines is 1. The van der Waals surface area contributed by atoms with E-state index >= 15 is 0 Å². The van der Waals surface area contributed by atoms with Gasteiger partial charge in [-0.05, 0) is 17.7 Å². The van der Waals surface area contributed by atoms with Gasteiger partial charge < -0.3 is 10.5 Å². The molecule has 20 heavy (non-hydrogen) atoms. The molecule has 0 aliphatic heterocycles. The normalized spacial score (nSPS) is 10.3. The van der Waals surface area contributed by atoms with E-state index in [4.69, 9.17) is 10.5 Å². The van der Waals surface area contributed by atoms with E-state index < -0.39 is 28.0 Å². The maximum absolute atomic E-state index is 13.6. The van der Waals surface area contributed by atoms with Gasteiger partial charge in [-0.15, -0.1) is 0 Å². The lowest BCUT2D eigenvalue weighted by atomic mass is 10.2. The number of nitro groups is 1. The monoisotopic (exact) mass is 280 g/mol. The number of rotatable bonds is 4. The summed E-state index contributed by atoms with van der Waals surface area (Å²) in [6, 6.07) is 7.84. The van der Waals surface area contributed by atoms with Gasteiger partial charge >= 0.3 is 5.69 Å². The lowest BCUT2D eigenvalue weighted by Gasteiger charge is -2.08. The minimum absolute atomic E-state index is 0.0286. The van der Waals surface area contributed by atoms with Crippen molar-refractivity contribution in [2.24, 2.45) is 0 Å². The largest absolute Gasteiger partial charge is 0.486 e. The van der Waals surface area contributed by atoms with Crippen LogP contribution >= 0.6 is 0 Å². The zero-order chi connectivity index (χ0) is 14.7. The summed E-state index contributed by atoms with van der Waals surface area (Å²) in [5.41, 5.74) is 5.82. The number of nitrogens with zero attached hydrogens (tertiary/aromatic N) is 1. The van der Waals surface area contributed by atoms with Crippen LogP contribution in [0.25, 0.3) is 0 Å². The molecule has 0 bridgehead atoms. The number of ether oxygens (including phenoxy) is 1. The molecule has 0 saturated carbocycles. The van der Waals surface area contributed by atoms with Gasteiger partial charge in [-0.2, -0.15) is 4.39 Å². The third-order valence-corrected chi connectivity index (χ3v) is 2.54. The van der Waals surface area contributed by atoms with Gasteiger partial charge in [0.25, 0.3) is 0 Å². The van der Waals surface area contributed by atoms with Crippen molar-refractivity contribution in [3.8, 4) is 5.75 Å².